The van der Waals surface area contributed by atoms with Crippen LogP contribution in [0, 0.1) is 0 Å². The minimum atomic E-state index is -0.482. The Balaban J connectivity index is 1.24. The predicted molar refractivity (Wildman–Crippen MR) is 176 cm³/mol. The van der Waals surface area contributed by atoms with Crippen molar-refractivity contribution in [3.8, 4) is 45.3 Å². The number of furan rings is 2. The number of para-hydroxylation sites is 2. The molecule has 0 N–H and O–H groups in total. The molecule has 0 saturated carbocycles. The number of nitrogens with zero attached hydrogens (tertiary/aromatic N) is 3. The Morgan fingerprint density at radius 3 is 1.84 bits per heavy atom. The van der Waals surface area contributed by atoms with Gasteiger partial charge < -0.3 is 8.83 Å². The first-order valence-corrected chi connectivity index (χ1v) is 14.1. The Morgan fingerprint density at radius 1 is 0.432 bits per heavy atom. The zero-order valence-corrected chi connectivity index (χ0v) is 23.1. The highest BCUT2D eigenvalue weighted by molar-refractivity contribution is 6.11. The van der Waals surface area contributed by atoms with Gasteiger partial charge in [0.1, 0.15) is 22.3 Å². The van der Waals surface area contributed by atoms with Gasteiger partial charge in [-0.25, -0.2) is 15.0 Å². The molecule has 206 valence electrons. The van der Waals surface area contributed by atoms with Gasteiger partial charge >= 0.3 is 0 Å². The summed E-state index contributed by atoms with van der Waals surface area (Å²) < 4.78 is 54.2. The van der Waals surface area contributed by atoms with Gasteiger partial charge in [-0.15, -0.1) is 0 Å². The van der Waals surface area contributed by atoms with E-state index in [1.54, 1.807) is 0 Å². The molecule has 44 heavy (non-hydrogen) atoms. The molecule has 9 aromatic rings. The third kappa shape index (κ3) is 3.98. The first-order chi connectivity index (χ1) is 23.9. The van der Waals surface area contributed by atoms with Crippen molar-refractivity contribution in [2.24, 2.45) is 0 Å². The van der Waals surface area contributed by atoms with Crippen LogP contribution in [0.15, 0.2) is 148 Å². The van der Waals surface area contributed by atoms with E-state index in [9.17, 15) is 0 Å². The van der Waals surface area contributed by atoms with Crippen LogP contribution in [0.3, 0.4) is 0 Å². The summed E-state index contributed by atoms with van der Waals surface area (Å²) in [7, 11) is 0. The molecule has 0 unspecified atom stereocenters. The third-order valence-electron chi connectivity index (χ3n) is 7.83. The van der Waals surface area contributed by atoms with Crippen molar-refractivity contribution in [3.63, 3.8) is 0 Å². The van der Waals surface area contributed by atoms with Crippen molar-refractivity contribution in [1.82, 2.24) is 15.0 Å². The van der Waals surface area contributed by atoms with E-state index in [0.29, 0.717) is 28.1 Å². The quantitative estimate of drug-likeness (QED) is 0.211. The second-order valence-electron chi connectivity index (χ2n) is 10.5. The summed E-state index contributed by atoms with van der Waals surface area (Å²) in [4.78, 5) is 14.1. The summed E-state index contributed by atoms with van der Waals surface area (Å²) >= 11 is 0. The maximum absolute atomic E-state index is 8.58. The van der Waals surface area contributed by atoms with Gasteiger partial charge in [-0.2, -0.15) is 0 Å². The monoisotopic (exact) mass is 570 g/mol. The number of aromatic nitrogens is 3. The fourth-order valence-electron chi connectivity index (χ4n) is 5.75. The van der Waals surface area contributed by atoms with E-state index >= 15 is 0 Å². The molecule has 0 amide bonds. The van der Waals surface area contributed by atoms with E-state index in [1.807, 2.05) is 84.9 Å². The van der Waals surface area contributed by atoms with Crippen molar-refractivity contribution in [3.05, 3.63) is 139 Å². The van der Waals surface area contributed by atoms with Crippen LogP contribution in [0.5, 0.6) is 0 Å². The van der Waals surface area contributed by atoms with Gasteiger partial charge in [0.2, 0.25) is 0 Å². The van der Waals surface area contributed by atoms with Gasteiger partial charge in [-0.1, -0.05) is 103 Å². The van der Waals surface area contributed by atoms with Gasteiger partial charge in [-0.05, 0) is 42.0 Å². The molecule has 0 radical (unpaired) electrons. The van der Waals surface area contributed by atoms with E-state index in [-0.39, 0.29) is 29.3 Å². The largest absolute Gasteiger partial charge is 0.456 e. The molecule has 3 heterocycles. The number of hydrogen-bond donors (Lipinski definition) is 0. The van der Waals surface area contributed by atoms with E-state index < -0.39 is 18.1 Å². The van der Waals surface area contributed by atoms with Crippen LogP contribution in [0.1, 0.15) is 6.85 Å². The van der Waals surface area contributed by atoms with Crippen LogP contribution >= 0.6 is 0 Å². The first-order valence-electron chi connectivity index (χ1n) is 16.6. The molecular weight excluding hydrogens is 542 g/mol. The summed E-state index contributed by atoms with van der Waals surface area (Å²) in [5.41, 5.74) is 6.23. The van der Waals surface area contributed by atoms with Gasteiger partial charge in [0, 0.05) is 43.8 Å². The number of benzene rings is 6. The van der Waals surface area contributed by atoms with Gasteiger partial charge in [0.25, 0.3) is 0 Å². The van der Waals surface area contributed by atoms with E-state index in [0.717, 1.165) is 43.8 Å². The van der Waals surface area contributed by atoms with Crippen LogP contribution in [-0.2, 0) is 0 Å². The van der Waals surface area contributed by atoms with Crippen molar-refractivity contribution >= 4 is 43.9 Å². The predicted octanol–water partition coefficient (Wildman–Crippen LogP) is 10.3. The maximum atomic E-state index is 8.58. The fraction of sp³-hybridized carbons (Fsp3) is 0. The minimum absolute atomic E-state index is 0.0146. The fourth-order valence-corrected chi connectivity index (χ4v) is 5.75. The van der Waals surface area contributed by atoms with Crippen molar-refractivity contribution < 1.29 is 15.7 Å². The number of hydrogen-bond acceptors (Lipinski definition) is 5. The molecule has 5 nitrogen and oxygen atoms in total. The molecular formula is C39H23N3O2. The van der Waals surface area contributed by atoms with Crippen LogP contribution in [0.2, 0.25) is 0 Å². The summed E-state index contributed by atoms with van der Waals surface area (Å²) in [6.07, 6.45) is 0. The summed E-state index contributed by atoms with van der Waals surface area (Å²) in [6.45, 7) is 0. The molecule has 0 bridgehead atoms. The summed E-state index contributed by atoms with van der Waals surface area (Å²) in [5.74, 6) is 0.583. The smallest absolute Gasteiger partial charge is 0.164 e. The highest BCUT2D eigenvalue weighted by atomic mass is 16.3. The van der Waals surface area contributed by atoms with Crippen molar-refractivity contribution in [2.75, 3.05) is 0 Å². The molecule has 0 spiro atoms. The first kappa shape index (κ1) is 19.9. The lowest BCUT2D eigenvalue weighted by Crippen LogP contribution is -2.00. The Morgan fingerprint density at radius 2 is 1.05 bits per heavy atom. The van der Waals surface area contributed by atoms with Crippen LogP contribution < -0.4 is 0 Å². The lowest BCUT2D eigenvalue weighted by atomic mass is 10.00. The molecule has 0 atom stereocenters. The highest BCUT2D eigenvalue weighted by Gasteiger charge is 2.17. The molecule has 0 saturated heterocycles. The summed E-state index contributed by atoms with van der Waals surface area (Å²) in [6, 6.07) is 33.0. The lowest BCUT2D eigenvalue weighted by molar-refractivity contribution is 0.668. The Hall–Kier alpha value is -6.07. The molecule has 0 aliphatic rings. The zero-order valence-electron chi connectivity index (χ0n) is 28.1. The highest BCUT2D eigenvalue weighted by Crippen LogP contribution is 2.39. The average molecular weight is 571 g/mol. The van der Waals surface area contributed by atoms with Crippen molar-refractivity contribution in [1.29, 1.82) is 0 Å². The van der Waals surface area contributed by atoms with E-state index in [4.69, 9.17) is 25.7 Å². The maximum Gasteiger partial charge on any atom is 0.164 e. The lowest BCUT2D eigenvalue weighted by Gasteiger charge is -2.08. The molecule has 0 aliphatic carbocycles. The topological polar surface area (TPSA) is 65.0 Å². The zero-order chi connectivity index (χ0) is 33.4. The second-order valence-corrected chi connectivity index (χ2v) is 10.5. The molecule has 9 rings (SSSR count). The minimum Gasteiger partial charge on any atom is -0.456 e. The van der Waals surface area contributed by atoms with Crippen LogP contribution in [0.4, 0.5) is 0 Å². The van der Waals surface area contributed by atoms with Crippen LogP contribution in [0.25, 0.3) is 89.2 Å². The van der Waals surface area contributed by atoms with Crippen LogP contribution in [-0.4, -0.2) is 15.0 Å². The van der Waals surface area contributed by atoms with E-state index in [2.05, 4.69) is 29.2 Å². The van der Waals surface area contributed by atoms with Gasteiger partial charge in [0.15, 0.2) is 17.5 Å². The molecule has 5 heteroatoms. The SMILES string of the molecule is [2H]c1c([2H])c([2H])c(-c2nc(-c3ccccc3)nc(-c3ccc4oc5ccc(-c6cccc7c6oc6ccccc67)cc5c4c3)n2)c([2H])c1[2H]. The Kier molecular flexibility index (Phi) is 4.42. The molecule has 0 aliphatic heterocycles. The van der Waals surface area contributed by atoms with Gasteiger partial charge in [0.05, 0.1) is 6.85 Å². The van der Waals surface area contributed by atoms with Gasteiger partial charge in [-0.3, -0.25) is 0 Å². The third-order valence-corrected chi connectivity index (χ3v) is 7.83. The average Bonchev–Trinajstić information content (AvgIpc) is 3.71. The molecule has 6 aromatic carbocycles. The normalized spacial score (nSPS) is 13.2. The standard InChI is InChI=1S/C39H23N3O2/c1-3-10-24(11-4-1)37-40-38(25-12-5-2-6-13-25)42-39(41-37)27-19-21-35-32(23-27)31-22-26(18-20-34(31)43-35)28-15-9-16-30-29-14-7-8-17-33(29)44-36(28)30/h1-23H/i1D,3D,4D,10D,11D. The number of rotatable bonds is 4. The van der Waals surface area contributed by atoms with Crippen molar-refractivity contribution in [2.45, 2.75) is 0 Å². The summed E-state index contributed by atoms with van der Waals surface area (Å²) in [5, 5.41) is 3.85. The molecule has 3 aromatic heterocycles. The second kappa shape index (κ2) is 9.75. The Labute approximate surface area is 259 Å². The molecule has 0 fully saturated rings. The Bertz CT molecular complexity index is 2760. The number of fused-ring (bicyclic) bond motifs is 6. The van der Waals surface area contributed by atoms with E-state index in [1.165, 1.54) is 0 Å².